The molecule has 3 N–H and O–H groups in total. The molecule has 5 heteroatoms. The topological polar surface area (TPSA) is 64.3 Å². The molecule has 2 atom stereocenters. The van der Waals surface area contributed by atoms with Crippen LogP contribution in [-0.4, -0.2) is 30.7 Å². The zero-order chi connectivity index (χ0) is 12.1. The summed E-state index contributed by atoms with van der Waals surface area (Å²) in [5.74, 6) is 0.193. The first-order valence-corrected chi connectivity index (χ1v) is 5.51. The van der Waals surface area contributed by atoms with Crippen LogP contribution in [0.5, 0.6) is 0 Å². The molecule has 0 aliphatic rings. The molecule has 0 spiro atoms. The fraction of sp³-hybridized carbons (Fsp3) is 0.909. The van der Waals surface area contributed by atoms with Crippen LogP contribution in [0.2, 0.25) is 0 Å². The Morgan fingerprint density at radius 1 is 1.44 bits per heavy atom. The fourth-order valence-electron chi connectivity index (χ4n) is 1.14. The summed E-state index contributed by atoms with van der Waals surface area (Å²) in [5, 5.41) is 2.94. The molecule has 0 aromatic rings. The number of carbonyl (C=O) groups is 1. The van der Waals surface area contributed by atoms with Crippen molar-refractivity contribution >= 4 is 18.3 Å². The molecule has 98 valence electrons. The van der Waals surface area contributed by atoms with Crippen molar-refractivity contribution in [1.82, 2.24) is 5.32 Å². The minimum absolute atomic E-state index is 0. The summed E-state index contributed by atoms with van der Waals surface area (Å²) in [6, 6.07) is 0. The first kappa shape index (κ1) is 18.1. The molecule has 0 aliphatic carbocycles. The molecule has 0 saturated heterocycles. The summed E-state index contributed by atoms with van der Waals surface area (Å²) < 4.78 is 5.22. The number of rotatable bonds is 6. The highest BCUT2D eigenvalue weighted by molar-refractivity contribution is 5.85. The summed E-state index contributed by atoms with van der Waals surface area (Å²) in [5.41, 5.74) is 5.32. The third kappa shape index (κ3) is 5.14. The summed E-state index contributed by atoms with van der Waals surface area (Å²) in [6.45, 7) is 10.6. The van der Waals surface area contributed by atoms with Crippen molar-refractivity contribution in [2.45, 2.75) is 46.3 Å². The average Bonchev–Trinajstić information content (AvgIpc) is 2.17. The van der Waals surface area contributed by atoms with Crippen molar-refractivity contribution in [2.24, 2.45) is 11.7 Å². The molecule has 0 fully saturated rings. The quantitative estimate of drug-likeness (QED) is 0.750. The Morgan fingerprint density at radius 3 is 2.25 bits per heavy atom. The Kier molecular flexibility index (Phi) is 8.88. The standard InChI is InChI=1S/C11H24N2O2.ClH/c1-6-15-9(4)10(14)13-11(5,7-12)8(2)3;/h8-9H,6-7,12H2,1-5H3,(H,13,14);1H. The van der Waals surface area contributed by atoms with Gasteiger partial charge in [0.2, 0.25) is 5.91 Å². The molecule has 0 saturated carbocycles. The van der Waals surface area contributed by atoms with Gasteiger partial charge in [0.15, 0.2) is 0 Å². The van der Waals surface area contributed by atoms with Gasteiger partial charge in [0.05, 0.1) is 5.54 Å². The van der Waals surface area contributed by atoms with E-state index >= 15 is 0 Å². The van der Waals surface area contributed by atoms with Gasteiger partial charge in [-0.15, -0.1) is 12.4 Å². The largest absolute Gasteiger partial charge is 0.369 e. The molecular weight excluding hydrogens is 228 g/mol. The first-order chi connectivity index (χ1) is 6.87. The molecule has 0 rings (SSSR count). The van der Waals surface area contributed by atoms with Crippen LogP contribution in [0, 0.1) is 5.92 Å². The van der Waals surface area contributed by atoms with Crippen LogP contribution in [-0.2, 0) is 9.53 Å². The van der Waals surface area contributed by atoms with Crippen LogP contribution >= 0.6 is 12.4 Å². The number of amides is 1. The highest BCUT2D eigenvalue weighted by Crippen LogP contribution is 2.15. The van der Waals surface area contributed by atoms with Crippen LogP contribution in [0.4, 0.5) is 0 Å². The lowest BCUT2D eigenvalue weighted by molar-refractivity contribution is -0.133. The summed E-state index contributed by atoms with van der Waals surface area (Å²) >= 11 is 0. The summed E-state index contributed by atoms with van der Waals surface area (Å²) in [7, 11) is 0. The van der Waals surface area contributed by atoms with Crippen molar-refractivity contribution in [3.05, 3.63) is 0 Å². The number of hydrogen-bond donors (Lipinski definition) is 2. The SMILES string of the molecule is CCOC(C)C(=O)NC(C)(CN)C(C)C.Cl. The van der Waals surface area contributed by atoms with E-state index < -0.39 is 6.10 Å². The molecule has 0 heterocycles. The molecule has 0 aromatic carbocycles. The van der Waals surface area contributed by atoms with Crippen molar-refractivity contribution in [2.75, 3.05) is 13.2 Å². The van der Waals surface area contributed by atoms with Gasteiger partial charge in [0.25, 0.3) is 0 Å². The summed E-state index contributed by atoms with van der Waals surface area (Å²) in [4.78, 5) is 11.7. The molecule has 0 aromatic heterocycles. The van der Waals surface area contributed by atoms with Crippen molar-refractivity contribution < 1.29 is 9.53 Å². The van der Waals surface area contributed by atoms with Gasteiger partial charge in [-0.1, -0.05) is 13.8 Å². The maximum atomic E-state index is 11.7. The number of nitrogens with two attached hydrogens (primary N) is 1. The third-order valence-electron chi connectivity index (χ3n) is 2.89. The lowest BCUT2D eigenvalue weighted by atomic mass is 9.88. The lowest BCUT2D eigenvalue weighted by Gasteiger charge is -2.34. The highest BCUT2D eigenvalue weighted by Gasteiger charge is 2.30. The van der Waals surface area contributed by atoms with E-state index in [1.165, 1.54) is 0 Å². The maximum absolute atomic E-state index is 11.7. The predicted octanol–water partition coefficient (Wildman–Crippen LogP) is 1.32. The second-order valence-electron chi connectivity index (χ2n) is 4.36. The van der Waals surface area contributed by atoms with E-state index in [4.69, 9.17) is 10.5 Å². The molecule has 0 aliphatic heterocycles. The fourth-order valence-corrected chi connectivity index (χ4v) is 1.14. The molecule has 0 bridgehead atoms. The molecule has 2 unspecified atom stereocenters. The van der Waals surface area contributed by atoms with Crippen LogP contribution in [0.1, 0.15) is 34.6 Å². The number of halogens is 1. The van der Waals surface area contributed by atoms with Gasteiger partial charge in [0.1, 0.15) is 6.10 Å². The van der Waals surface area contributed by atoms with E-state index in [2.05, 4.69) is 5.32 Å². The normalized spacial score (nSPS) is 16.2. The van der Waals surface area contributed by atoms with Gasteiger partial charge < -0.3 is 15.8 Å². The Balaban J connectivity index is 0. The minimum atomic E-state index is -0.417. The van der Waals surface area contributed by atoms with E-state index in [1.807, 2.05) is 27.7 Å². The first-order valence-electron chi connectivity index (χ1n) is 5.51. The van der Waals surface area contributed by atoms with Gasteiger partial charge in [-0.25, -0.2) is 0 Å². The van der Waals surface area contributed by atoms with E-state index in [1.54, 1.807) is 6.92 Å². The predicted molar refractivity (Wildman–Crippen MR) is 68.8 cm³/mol. The second kappa shape index (κ2) is 7.87. The number of nitrogens with one attached hydrogen (secondary N) is 1. The number of carbonyl (C=O) groups excluding carboxylic acids is 1. The minimum Gasteiger partial charge on any atom is -0.369 e. The van der Waals surface area contributed by atoms with E-state index in [9.17, 15) is 4.79 Å². The number of hydrogen-bond acceptors (Lipinski definition) is 3. The Labute approximate surface area is 105 Å². The lowest BCUT2D eigenvalue weighted by Crippen LogP contribution is -2.57. The maximum Gasteiger partial charge on any atom is 0.249 e. The second-order valence-corrected chi connectivity index (χ2v) is 4.36. The smallest absolute Gasteiger partial charge is 0.249 e. The van der Waals surface area contributed by atoms with Crippen molar-refractivity contribution in [1.29, 1.82) is 0 Å². The molecule has 1 amide bonds. The Morgan fingerprint density at radius 2 is 1.94 bits per heavy atom. The molecule has 16 heavy (non-hydrogen) atoms. The number of ether oxygens (including phenoxy) is 1. The molecular formula is C11H25ClN2O2. The van der Waals surface area contributed by atoms with Gasteiger partial charge in [0, 0.05) is 13.2 Å². The summed E-state index contributed by atoms with van der Waals surface area (Å²) in [6.07, 6.45) is -0.417. The van der Waals surface area contributed by atoms with Crippen LogP contribution in [0.15, 0.2) is 0 Å². The van der Waals surface area contributed by atoms with Gasteiger partial charge in [-0.05, 0) is 26.7 Å². The monoisotopic (exact) mass is 252 g/mol. The van der Waals surface area contributed by atoms with E-state index in [0.29, 0.717) is 19.1 Å². The van der Waals surface area contributed by atoms with Crippen molar-refractivity contribution in [3.63, 3.8) is 0 Å². The van der Waals surface area contributed by atoms with Crippen LogP contribution in [0.3, 0.4) is 0 Å². The van der Waals surface area contributed by atoms with Gasteiger partial charge in [-0.2, -0.15) is 0 Å². The Hall–Kier alpha value is -0.320. The highest BCUT2D eigenvalue weighted by atomic mass is 35.5. The molecule has 4 nitrogen and oxygen atoms in total. The third-order valence-corrected chi connectivity index (χ3v) is 2.89. The van der Waals surface area contributed by atoms with E-state index in [0.717, 1.165) is 0 Å². The van der Waals surface area contributed by atoms with Gasteiger partial charge in [-0.3, -0.25) is 4.79 Å². The molecule has 0 radical (unpaired) electrons. The van der Waals surface area contributed by atoms with Gasteiger partial charge >= 0.3 is 0 Å². The zero-order valence-electron chi connectivity index (χ0n) is 10.9. The average molecular weight is 253 g/mol. The van der Waals surface area contributed by atoms with Crippen LogP contribution < -0.4 is 11.1 Å². The zero-order valence-corrected chi connectivity index (χ0v) is 11.7. The van der Waals surface area contributed by atoms with Crippen LogP contribution in [0.25, 0.3) is 0 Å². The Bertz CT molecular complexity index is 212. The van der Waals surface area contributed by atoms with E-state index in [-0.39, 0.29) is 23.9 Å². The van der Waals surface area contributed by atoms with Crippen molar-refractivity contribution in [3.8, 4) is 0 Å².